The van der Waals surface area contributed by atoms with E-state index in [1.165, 1.54) is 11.3 Å². The molecule has 6 N–H and O–H groups in total. The molecular formula is C20H24N6O3S. The van der Waals surface area contributed by atoms with E-state index in [0.717, 1.165) is 17.7 Å². The molecule has 0 fully saturated rings. The van der Waals surface area contributed by atoms with Gasteiger partial charge in [0.05, 0.1) is 13.2 Å². The molecule has 158 valence electrons. The Hall–Kier alpha value is -3.53. The number of urea groups is 1. The normalized spacial score (nSPS) is 11.3. The van der Waals surface area contributed by atoms with Gasteiger partial charge in [0.25, 0.3) is 0 Å². The zero-order valence-electron chi connectivity index (χ0n) is 16.6. The first-order valence-electron chi connectivity index (χ1n) is 9.41. The zero-order chi connectivity index (χ0) is 21.3. The second kappa shape index (κ2) is 10.3. The number of nitrogens with two attached hydrogens (primary N) is 2. The number of furan rings is 1. The van der Waals surface area contributed by atoms with Gasteiger partial charge in [0.15, 0.2) is 11.7 Å². The first kappa shape index (κ1) is 21.2. The average molecular weight is 429 g/mol. The molecular weight excluding hydrogens is 404 g/mol. The van der Waals surface area contributed by atoms with Crippen LogP contribution in [-0.2, 0) is 13.1 Å². The van der Waals surface area contributed by atoms with E-state index < -0.39 is 6.03 Å². The van der Waals surface area contributed by atoms with Crippen LogP contribution < -0.4 is 26.8 Å². The fraction of sp³-hybridized carbons (Fsp3) is 0.250. The minimum atomic E-state index is -0.610. The Morgan fingerprint density at radius 1 is 1.20 bits per heavy atom. The van der Waals surface area contributed by atoms with E-state index in [2.05, 4.69) is 27.5 Å². The van der Waals surface area contributed by atoms with E-state index in [4.69, 9.17) is 20.6 Å². The van der Waals surface area contributed by atoms with Gasteiger partial charge >= 0.3 is 6.03 Å². The summed E-state index contributed by atoms with van der Waals surface area (Å²) in [4.78, 5) is 19.5. The maximum Gasteiger partial charge on any atom is 0.312 e. The highest BCUT2D eigenvalue weighted by Gasteiger charge is 2.10. The summed E-state index contributed by atoms with van der Waals surface area (Å²) in [6, 6.07) is 10.7. The summed E-state index contributed by atoms with van der Waals surface area (Å²) in [6.45, 7) is 3.43. The van der Waals surface area contributed by atoms with Gasteiger partial charge in [0.1, 0.15) is 17.2 Å². The van der Waals surface area contributed by atoms with Crippen molar-refractivity contribution in [1.82, 2.24) is 15.6 Å². The number of carbonyl (C=O) groups is 1. The first-order chi connectivity index (χ1) is 14.5. The molecule has 2 heterocycles. The predicted molar refractivity (Wildman–Crippen MR) is 117 cm³/mol. The number of aromatic nitrogens is 1. The summed E-state index contributed by atoms with van der Waals surface area (Å²) in [5.41, 5.74) is 12.7. The number of carbonyl (C=O) groups excluding carboxylic acids is 1. The minimum absolute atomic E-state index is 0.213. The summed E-state index contributed by atoms with van der Waals surface area (Å²) in [6.07, 6.45) is 0.941. The molecule has 10 heteroatoms. The summed E-state index contributed by atoms with van der Waals surface area (Å²) in [5, 5.41) is 7.88. The minimum Gasteiger partial charge on any atom is -0.493 e. The largest absolute Gasteiger partial charge is 0.493 e. The van der Waals surface area contributed by atoms with Crippen LogP contribution in [0.2, 0.25) is 0 Å². The Bertz CT molecular complexity index is 1010. The number of primary amides is 1. The summed E-state index contributed by atoms with van der Waals surface area (Å²) >= 11 is 1.34. The van der Waals surface area contributed by atoms with Crippen LogP contribution in [0, 0.1) is 0 Å². The monoisotopic (exact) mass is 428 g/mol. The van der Waals surface area contributed by atoms with E-state index in [0.29, 0.717) is 35.5 Å². The van der Waals surface area contributed by atoms with Crippen LogP contribution >= 0.6 is 11.3 Å². The molecule has 3 aromatic rings. The highest BCUT2D eigenvalue weighted by Crippen LogP contribution is 2.28. The van der Waals surface area contributed by atoms with Crippen molar-refractivity contribution in [2.75, 3.05) is 6.61 Å². The van der Waals surface area contributed by atoms with Crippen LogP contribution in [0.5, 0.6) is 5.75 Å². The topological polar surface area (TPSA) is 141 Å². The lowest BCUT2D eigenvalue weighted by atomic mass is 10.2. The maximum absolute atomic E-state index is 10.8. The molecule has 0 aliphatic rings. The number of nitrogens with one attached hydrogen (secondary N) is 2. The molecule has 2 aromatic heterocycles. The fourth-order valence-electron chi connectivity index (χ4n) is 2.54. The van der Waals surface area contributed by atoms with Crippen molar-refractivity contribution in [3.8, 4) is 17.2 Å². The molecule has 0 aliphatic carbocycles. The molecule has 9 nitrogen and oxygen atoms in total. The van der Waals surface area contributed by atoms with Gasteiger partial charge in [0.2, 0.25) is 5.13 Å². The third-order valence-electron chi connectivity index (χ3n) is 3.95. The molecule has 1 aromatic carbocycles. The number of ether oxygens (including phenoxy) is 1. The Morgan fingerprint density at radius 3 is 2.83 bits per heavy atom. The summed E-state index contributed by atoms with van der Waals surface area (Å²) in [7, 11) is 0. The molecule has 0 aliphatic heterocycles. The first-order valence-corrected chi connectivity index (χ1v) is 10.3. The number of hydrogen-bond donors (Lipinski definition) is 4. The number of nitrogens with zero attached hydrogens (tertiary/aromatic N) is 2. The number of hydrogen-bond acceptors (Lipinski definition) is 6. The Kier molecular flexibility index (Phi) is 7.28. The lowest BCUT2D eigenvalue weighted by molar-refractivity contribution is 0.247. The molecule has 30 heavy (non-hydrogen) atoms. The van der Waals surface area contributed by atoms with E-state index >= 15 is 0 Å². The van der Waals surface area contributed by atoms with Gasteiger partial charge in [-0.1, -0.05) is 25.1 Å². The third kappa shape index (κ3) is 5.98. The van der Waals surface area contributed by atoms with Gasteiger partial charge in [-0.3, -0.25) is 0 Å². The molecule has 0 unspecified atom stereocenters. The molecule has 0 saturated heterocycles. The third-order valence-corrected chi connectivity index (χ3v) is 4.69. The molecule has 0 spiro atoms. The van der Waals surface area contributed by atoms with Gasteiger partial charge < -0.3 is 31.3 Å². The van der Waals surface area contributed by atoms with Crippen molar-refractivity contribution in [3.63, 3.8) is 0 Å². The van der Waals surface area contributed by atoms with Gasteiger partial charge in [0, 0.05) is 17.5 Å². The molecule has 0 atom stereocenters. The van der Waals surface area contributed by atoms with Crippen LogP contribution in [0.1, 0.15) is 24.7 Å². The van der Waals surface area contributed by atoms with Gasteiger partial charge in [-0.25, -0.2) is 9.78 Å². The number of benzene rings is 1. The van der Waals surface area contributed by atoms with E-state index in [-0.39, 0.29) is 12.5 Å². The lowest BCUT2D eigenvalue weighted by Gasteiger charge is -2.11. The maximum atomic E-state index is 10.8. The average Bonchev–Trinajstić information content (AvgIpc) is 3.39. The number of para-hydroxylation sites is 1. The standard InChI is InChI=1S/C20H24N6O3S/c1-2-9-28-16-6-4-3-5-13(16)10-23-18(21)26-20-25-15(12-30-20)17-8-7-14(29-17)11-24-19(22)27/h3-8,12H,2,9-11H2,1H3,(H3,22,24,27)(H3,21,23,25,26). The van der Waals surface area contributed by atoms with Crippen LogP contribution in [0.15, 0.2) is 51.2 Å². The van der Waals surface area contributed by atoms with Crippen molar-refractivity contribution in [1.29, 1.82) is 0 Å². The van der Waals surface area contributed by atoms with Gasteiger partial charge in [-0.05, 0) is 24.6 Å². The quantitative estimate of drug-likeness (QED) is 0.305. The second-order valence-corrected chi connectivity index (χ2v) is 7.14. The molecule has 0 saturated carbocycles. The van der Waals surface area contributed by atoms with Gasteiger partial charge in [-0.2, -0.15) is 4.99 Å². The molecule has 3 rings (SSSR count). The van der Waals surface area contributed by atoms with E-state index in [9.17, 15) is 4.79 Å². The fourth-order valence-corrected chi connectivity index (χ4v) is 3.23. The van der Waals surface area contributed by atoms with Crippen molar-refractivity contribution in [2.24, 2.45) is 16.5 Å². The molecule has 0 bridgehead atoms. The van der Waals surface area contributed by atoms with Crippen molar-refractivity contribution in [3.05, 3.63) is 53.1 Å². The van der Waals surface area contributed by atoms with Crippen molar-refractivity contribution < 1.29 is 13.9 Å². The SMILES string of the molecule is CCCOc1ccccc1CNC(N)=Nc1nc(-c2ccc(CNC(N)=O)o2)cs1. The second-order valence-electron chi connectivity index (χ2n) is 6.31. The number of thiazole rings is 1. The number of aliphatic imine (C=N–C) groups is 1. The number of guanidine groups is 1. The van der Waals surface area contributed by atoms with E-state index in [1.54, 1.807) is 12.1 Å². The number of amides is 2. The van der Waals surface area contributed by atoms with Gasteiger partial charge in [-0.15, -0.1) is 11.3 Å². The van der Waals surface area contributed by atoms with E-state index in [1.807, 2.05) is 29.6 Å². The van der Waals surface area contributed by atoms with Crippen molar-refractivity contribution >= 4 is 28.5 Å². The smallest absolute Gasteiger partial charge is 0.312 e. The summed E-state index contributed by atoms with van der Waals surface area (Å²) < 4.78 is 11.4. The Labute approximate surface area is 178 Å². The molecule has 2 amide bonds. The Balaban J connectivity index is 1.60. The van der Waals surface area contributed by atoms with Crippen LogP contribution in [0.4, 0.5) is 9.93 Å². The summed E-state index contributed by atoms with van der Waals surface area (Å²) in [5.74, 6) is 2.23. The highest BCUT2D eigenvalue weighted by atomic mass is 32.1. The van der Waals surface area contributed by atoms with Crippen molar-refractivity contribution in [2.45, 2.75) is 26.4 Å². The molecule has 0 radical (unpaired) electrons. The zero-order valence-corrected chi connectivity index (χ0v) is 17.4. The van der Waals surface area contributed by atoms with Crippen LogP contribution in [0.25, 0.3) is 11.5 Å². The highest BCUT2D eigenvalue weighted by molar-refractivity contribution is 7.13. The lowest BCUT2D eigenvalue weighted by Crippen LogP contribution is -2.30. The predicted octanol–water partition coefficient (Wildman–Crippen LogP) is 3.10. The Morgan fingerprint density at radius 2 is 2.03 bits per heavy atom. The number of rotatable bonds is 9. The van der Waals surface area contributed by atoms with Crippen LogP contribution in [0.3, 0.4) is 0 Å². The van der Waals surface area contributed by atoms with Crippen LogP contribution in [-0.4, -0.2) is 23.6 Å².